The minimum Gasteiger partial charge on any atom is -0.488 e. The summed E-state index contributed by atoms with van der Waals surface area (Å²) in [6, 6.07) is 26.5. The van der Waals surface area contributed by atoms with Gasteiger partial charge in [0.05, 0.1) is 29.6 Å². The van der Waals surface area contributed by atoms with E-state index >= 15 is 9.18 Å². The zero-order chi connectivity index (χ0) is 46.5. The topological polar surface area (TPSA) is 140 Å². The summed E-state index contributed by atoms with van der Waals surface area (Å²) < 4.78 is 48.8. The Kier molecular flexibility index (Phi) is 12.2. The number of amides is 2. The summed E-state index contributed by atoms with van der Waals surface area (Å²) in [6.07, 6.45) is 7.69. The van der Waals surface area contributed by atoms with Gasteiger partial charge in [0, 0.05) is 72.7 Å². The molecule has 0 bridgehead atoms. The highest BCUT2D eigenvalue weighted by molar-refractivity contribution is 7.98. The Morgan fingerprint density at radius 2 is 1.63 bits per heavy atom. The van der Waals surface area contributed by atoms with E-state index < -0.39 is 35.1 Å². The molecule has 1 saturated carbocycles. The Morgan fingerprint density at radius 3 is 2.27 bits per heavy atom. The van der Waals surface area contributed by atoms with Crippen molar-refractivity contribution in [1.29, 1.82) is 0 Å². The molecule has 18 heteroatoms. The van der Waals surface area contributed by atoms with E-state index in [4.69, 9.17) is 36.5 Å². The van der Waals surface area contributed by atoms with Crippen LogP contribution in [0.2, 0.25) is 5.02 Å². The van der Waals surface area contributed by atoms with E-state index in [1.54, 1.807) is 12.3 Å². The van der Waals surface area contributed by atoms with E-state index in [0.717, 1.165) is 73.4 Å². The summed E-state index contributed by atoms with van der Waals surface area (Å²) >= 11 is 8.61. The second kappa shape index (κ2) is 18.2. The highest BCUT2D eigenvalue weighted by Gasteiger charge is 2.67. The molecule has 5 heterocycles. The lowest BCUT2D eigenvalue weighted by atomic mass is 9.75. The molecule has 0 radical (unpaired) electrons. The number of carbonyl (C=O) groups excluding carboxylic acids is 1. The molecule has 348 valence electrons. The third-order valence-electron chi connectivity index (χ3n) is 13.3. The molecule has 1 aliphatic carbocycles. The number of aromatic nitrogens is 5. The monoisotopic (exact) mass is 948 g/mol. The number of urea groups is 1. The fraction of sp³-hybridized carbons (Fsp3) is 0.367. The highest BCUT2D eigenvalue weighted by Crippen LogP contribution is 2.63. The molecule has 2 amide bonds. The molecule has 2 aromatic heterocycles. The van der Waals surface area contributed by atoms with Crippen molar-refractivity contribution in [3.8, 4) is 5.75 Å². The molecule has 4 fully saturated rings. The number of anilines is 4. The van der Waals surface area contributed by atoms with Crippen LogP contribution in [-0.2, 0) is 27.2 Å². The third kappa shape index (κ3) is 8.29. The molecule has 3 saturated heterocycles. The predicted molar refractivity (Wildman–Crippen MR) is 253 cm³/mol. The van der Waals surface area contributed by atoms with Gasteiger partial charge >= 0.3 is 6.03 Å². The number of benzene rings is 4. The number of hydrogen-bond acceptors (Lipinski definition) is 12. The Labute approximate surface area is 397 Å². The molecule has 3 aliphatic heterocycles. The van der Waals surface area contributed by atoms with E-state index in [1.807, 2.05) is 70.7 Å². The van der Waals surface area contributed by atoms with Gasteiger partial charge in [-0.15, -0.1) is 0 Å². The molecule has 6 aromatic rings. The average Bonchev–Trinajstić information content (AvgIpc) is 3.80. The number of thioether (sulfide) groups is 1. The van der Waals surface area contributed by atoms with Crippen molar-refractivity contribution in [2.45, 2.75) is 67.9 Å². The molecule has 2 N–H and O–H groups in total. The number of hydrogen-bond donors (Lipinski definition) is 1. The largest absolute Gasteiger partial charge is 0.488 e. The number of nitrogens with zero attached hydrogens (tertiary/aromatic N) is 9. The van der Waals surface area contributed by atoms with Crippen LogP contribution in [0.15, 0.2) is 115 Å². The zero-order valence-corrected chi connectivity index (χ0v) is 38.9. The van der Waals surface area contributed by atoms with Gasteiger partial charge < -0.3 is 34.6 Å². The Morgan fingerprint density at radius 1 is 0.925 bits per heavy atom. The highest BCUT2D eigenvalue weighted by atomic mass is 35.5. The summed E-state index contributed by atoms with van der Waals surface area (Å²) in [4.78, 5) is 37.2. The summed E-state index contributed by atoms with van der Waals surface area (Å²) in [5.41, 5.74) is 9.54. The normalized spacial score (nSPS) is 23.2. The fourth-order valence-corrected chi connectivity index (χ4v) is 10.9. The van der Waals surface area contributed by atoms with Crippen LogP contribution in [0, 0.1) is 17.6 Å². The molecule has 10 rings (SSSR count). The quantitative estimate of drug-likeness (QED) is 0.0635. The second-order valence-corrected chi connectivity index (χ2v) is 18.8. The van der Waals surface area contributed by atoms with Crippen LogP contribution >= 0.6 is 23.4 Å². The van der Waals surface area contributed by atoms with Crippen molar-refractivity contribution < 1.29 is 27.8 Å². The van der Waals surface area contributed by atoms with Gasteiger partial charge in [0.2, 0.25) is 0 Å². The maximum Gasteiger partial charge on any atom is 0.326 e. The SMILES string of the molecule is CSc1nccc(C2N(c3ccc(N4CCN(c5ccc(OC[C@H]6OC[C@](Cn7cncn7)(c7ccc(F)cc7F)O6)cc5)CC4)cc3)C(=O)N(C(C)C)C2(c2cccc(N)c2Cl)C2CC2)n1. The van der Waals surface area contributed by atoms with E-state index in [0.29, 0.717) is 21.6 Å². The predicted octanol–water partition coefficient (Wildman–Crippen LogP) is 8.68. The van der Waals surface area contributed by atoms with E-state index in [1.165, 1.54) is 41.2 Å². The lowest BCUT2D eigenvalue weighted by Crippen LogP contribution is -2.51. The number of piperazine rings is 1. The van der Waals surface area contributed by atoms with Gasteiger partial charge in [0.25, 0.3) is 0 Å². The maximum atomic E-state index is 15.1. The van der Waals surface area contributed by atoms with Crippen molar-refractivity contribution in [2.24, 2.45) is 5.92 Å². The summed E-state index contributed by atoms with van der Waals surface area (Å²) in [5, 5.41) is 5.26. The van der Waals surface area contributed by atoms with Crippen LogP contribution in [0.4, 0.5) is 36.3 Å². The minimum atomic E-state index is -1.26. The van der Waals surface area contributed by atoms with Crippen molar-refractivity contribution >= 4 is 52.1 Å². The number of ether oxygens (including phenoxy) is 3. The molecule has 14 nitrogen and oxygen atoms in total. The number of carbonyl (C=O) groups is 1. The number of halogens is 3. The molecule has 4 aliphatic rings. The average molecular weight is 950 g/mol. The summed E-state index contributed by atoms with van der Waals surface area (Å²) in [7, 11) is 0. The first-order valence-corrected chi connectivity index (χ1v) is 24.0. The molecule has 2 unspecified atom stereocenters. The maximum absolute atomic E-state index is 15.1. The first-order chi connectivity index (χ1) is 32.5. The van der Waals surface area contributed by atoms with Gasteiger partial charge in [-0.2, -0.15) is 5.10 Å². The Balaban J connectivity index is 0.818. The number of nitrogen functional groups attached to an aromatic ring is 1. The standard InChI is InChI=1S/C49H51ClF2N10O4S/c1-31(2)62-47(63)61(45(42-19-20-55-46(57-42)67-3)49(62,32-7-8-32)39-5-4-6-41(53)44(39)50)36-12-10-34(11-13-36)58-21-23-59(24-22-58)35-14-16-37(17-15-35)64-26-43-65-28-48(66-43,27-60-30-54-29-56-60)38-18-9-33(51)25-40(38)52/h4-6,9-20,25,29-32,43,45H,7-8,21-24,26-28,53H2,1-3H3/t43-,45?,48+,49?/m0/s1. The molecule has 67 heavy (non-hydrogen) atoms. The van der Waals surface area contributed by atoms with Gasteiger partial charge in [0.1, 0.15) is 53.8 Å². The molecule has 4 aromatic carbocycles. The first-order valence-electron chi connectivity index (χ1n) is 22.4. The molecular formula is C49H51ClF2N10O4S. The fourth-order valence-electron chi connectivity index (χ4n) is 10.2. The zero-order valence-electron chi connectivity index (χ0n) is 37.3. The van der Waals surface area contributed by atoms with Gasteiger partial charge in [-0.25, -0.2) is 33.2 Å². The second-order valence-electron chi connectivity index (χ2n) is 17.7. The molecule has 4 atom stereocenters. The number of nitrogens with two attached hydrogens (primary N) is 1. The Bertz CT molecular complexity index is 2730. The lowest BCUT2D eigenvalue weighted by Gasteiger charge is -2.44. The van der Waals surface area contributed by atoms with Crippen LogP contribution < -0.4 is 25.2 Å². The van der Waals surface area contributed by atoms with Crippen LogP contribution in [0.3, 0.4) is 0 Å². The van der Waals surface area contributed by atoms with E-state index in [-0.39, 0.29) is 43.3 Å². The van der Waals surface area contributed by atoms with Gasteiger partial charge in [0.15, 0.2) is 11.4 Å². The van der Waals surface area contributed by atoms with Crippen LogP contribution in [0.5, 0.6) is 5.75 Å². The Hall–Kier alpha value is -6.01. The van der Waals surface area contributed by atoms with Crippen LogP contribution in [0.1, 0.15) is 49.6 Å². The van der Waals surface area contributed by atoms with Crippen molar-refractivity contribution in [1.82, 2.24) is 29.6 Å². The number of rotatable bonds is 14. The summed E-state index contributed by atoms with van der Waals surface area (Å²) in [6.45, 7) is 7.49. The molecule has 0 spiro atoms. The van der Waals surface area contributed by atoms with Crippen molar-refractivity contribution in [2.75, 3.05) is 66.1 Å². The summed E-state index contributed by atoms with van der Waals surface area (Å²) in [5.74, 6) is -0.646. The van der Waals surface area contributed by atoms with Gasteiger partial charge in [-0.1, -0.05) is 41.6 Å². The first kappa shape index (κ1) is 44.8. The van der Waals surface area contributed by atoms with Crippen LogP contribution in [0.25, 0.3) is 0 Å². The minimum absolute atomic E-state index is 0.0130. The van der Waals surface area contributed by atoms with Gasteiger partial charge in [-0.3, -0.25) is 4.90 Å². The van der Waals surface area contributed by atoms with E-state index in [9.17, 15) is 4.39 Å². The molecular weight excluding hydrogens is 898 g/mol. The third-order valence-corrected chi connectivity index (χ3v) is 14.3. The van der Waals surface area contributed by atoms with Crippen LogP contribution in [-0.4, -0.2) is 93.6 Å². The smallest absolute Gasteiger partial charge is 0.326 e. The van der Waals surface area contributed by atoms with E-state index in [2.05, 4.69) is 50.8 Å². The van der Waals surface area contributed by atoms with Crippen molar-refractivity contribution in [3.63, 3.8) is 0 Å². The van der Waals surface area contributed by atoms with Gasteiger partial charge in [-0.05, 0) is 106 Å². The van der Waals surface area contributed by atoms with Crippen molar-refractivity contribution in [3.05, 3.63) is 143 Å². The lowest BCUT2D eigenvalue weighted by molar-refractivity contribution is -0.117.